The van der Waals surface area contributed by atoms with E-state index in [4.69, 9.17) is 5.11 Å². The van der Waals surface area contributed by atoms with Crippen molar-refractivity contribution in [1.82, 2.24) is 4.31 Å². The highest BCUT2D eigenvalue weighted by atomic mass is 32.2. The summed E-state index contributed by atoms with van der Waals surface area (Å²) < 4.78 is 29.4. The minimum atomic E-state index is -3.68. The van der Waals surface area contributed by atoms with Crippen molar-refractivity contribution < 1.29 is 27.9 Å². The van der Waals surface area contributed by atoms with Crippen LogP contribution in [0, 0.1) is 5.92 Å². The number of nitrogens with zero attached hydrogens (tertiary/aromatic N) is 1. The minimum Gasteiger partial charge on any atom is -0.481 e. The molecule has 1 saturated heterocycles. The monoisotopic (exact) mass is 279 g/mol. The molecule has 1 aliphatic heterocycles. The first-order chi connectivity index (χ1) is 8.35. The van der Waals surface area contributed by atoms with Crippen molar-refractivity contribution in [2.24, 2.45) is 5.92 Å². The van der Waals surface area contributed by atoms with E-state index in [2.05, 4.69) is 4.74 Å². The molecule has 0 spiro atoms. The predicted octanol–water partition coefficient (Wildman–Crippen LogP) is -0.324. The molecule has 1 fully saturated rings. The van der Waals surface area contributed by atoms with Crippen LogP contribution in [0.5, 0.6) is 0 Å². The molecule has 0 aromatic carbocycles. The van der Waals surface area contributed by atoms with Gasteiger partial charge >= 0.3 is 11.9 Å². The van der Waals surface area contributed by atoms with Gasteiger partial charge in [0.15, 0.2) is 5.75 Å². The molecule has 1 heterocycles. The zero-order chi connectivity index (χ0) is 13.8. The summed E-state index contributed by atoms with van der Waals surface area (Å²) in [5, 5.41) is 8.64. The standard InChI is InChI=1S/C10H17NO6S/c1-2-17-10(14)7-18(15,16)11-4-3-8(6-11)5-9(12)13/h8H,2-7H2,1H3,(H,12,13). The lowest BCUT2D eigenvalue weighted by molar-refractivity contribution is -0.140. The Morgan fingerprint density at radius 2 is 2.11 bits per heavy atom. The summed E-state index contributed by atoms with van der Waals surface area (Å²) in [6.45, 7) is 2.16. The molecule has 0 aromatic heterocycles. The van der Waals surface area contributed by atoms with Gasteiger partial charge in [0.25, 0.3) is 0 Å². The van der Waals surface area contributed by atoms with Crippen LogP contribution in [0.3, 0.4) is 0 Å². The number of rotatable bonds is 6. The second-order valence-corrected chi connectivity index (χ2v) is 6.14. The van der Waals surface area contributed by atoms with Crippen molar-refractivity contribution in [3.05, 3.63) is 0 Å². The van der Waals surface area contributed by atoms with Gasteiger partial charge in [0.05, 0.1) is 6.61 Å². The molecule has 0 amide bonds. The van der Waals surface area contributed by atoms with Crippen molar-refractivity contribution in [2.45, 2.75) is 19.8 Å². The fourth-order valence-electron chi connectivity index (χ4n) is 1.91. The summed E-state index contributed by atoms with van der Waals surface area (Å²) in [7, 11) is -3.68. The topological polar surface area (TPSA) is 101 Å². The number of esters is 1. The van der Waals surface area contributed by atoms with Crippen LogP contribution in [0.15, 0.2) is 0 Å². The number of ether oxygens (including phenoxy) is 1. The molecule has 1 rings (SSSR count). The van der Waals surface area contributed by atoms with E-state index in [9.17, 15) is 18.0 Å². The first kappa shape index (κ1) is 14.9. The molecule has 0 aromatic rings. The second kappa shape index (κ2) is 6.14. The van der Waals surface area contributed by atoms with E-state index in [0.717, 1.165) is 4.31 Å². The lowest BCUT2D eigenvalue weighted by Gasteiger charge is -2.15. The maximum Gasteiger partial charge on any atom is 0.322 e. The summed E-state index contributed by atoms with van der Waals surface area (Å²) in [5.74, 6) is -2.58. The molecule has 0 bridgehead atoms. The largest absolute Gasteiger partial charge is 0.481 e. The number of carboxylic acid groups (broad SMARTS) is 1. The van der Waals surface area contributed by atoms with E-state index in [1.54, 1.807) is 6.92 Å². The smallest absolute Gasteiger partial charge is 0.322 e. The predicted molar refractivity (Wildman–Crippen MR) is 62.4 cm³/mol. The molecule has 1 aliphatic rings. The van der Waals surface area contributed by atoms with Crippen LogP contribution in [0.2, 0.25) is 0 Å². The Kier molecular flexibility index (Phi) is 5.09. The van der Waals surface area contributed by atoms with Gasteiger partial charge in [0.1, 0.15) is 0 Å². The summed E-state index contributed by atoms with van der Waals surface area (Å²) in [6, 6.07) is 0. The fraction of sp³-hybridized carbons (Fsp3) is 0.800. The van der Waals surface area contributed by atoms with Crippen LogP contribution in [-0.4, -0.2) is 55.2 Å². The Labute approximate surface area is 106 Å². The molecule has 0 saturated carbocycles. The van der Waals surface area contributed by atoms with Gasteiger partial charge in [-0.2, -0.15) is 0 Å². The third kappa shape index (κ3) is 4.26. The summed E-state index contributed by atoms with van der Waals surface area (Å²) in [5.41, 5.74) is 0. The molecule has 1 atom stereocenters. The second-order valence-electron chi connectivity index (χ2n) is 4.17. The van der Waals surface area contributed by atoms with Gasteiger partial charge in [0.2, 0.25) is 10.0 Å². The molecule has 7 nitrogen and oxygen atoms in total. The van der Waals surface area contributed by atoms with Crippen molar-refractivity contribution in [2.75, 3.05) is 25.4 Å². The highest BCUT2D eigenvalue weighted by Crippen LogP contribution is 2.22. The Hall–Kier alpha value is -1.15. The number of aliphatic carboxylic acids is 1. The molecule has 18 heavy (non-hydrogen) atoms. The number of carbonyl (C=O) groups is 2. The maximum atomic E-state index is 11.8. The van der Waals surface area contributed by atoms with Crippen LogP contribution < -0.4 is 0 Å². The van der Waals surface area contributed by atoms with Crippen LogP contribution in [0.1, 0.15) is 19.8 Å². The molecule has 0 radical (unpaired) electrons. The number of carboxylic acids is 1. The van der Waals surface area contributed by atoms with Crippen LogP contribution in [0.4, 0.5) is 0 Å². The summed E-state index contributed by atoms with van der Waals surface area (Å²) in [6.07, 6.45) is 0.458. The normalized spacial score (nSPS) is 20.8. The molecule has 104 valence electrons. The van der Waals surface area contributed by atoms with Crippen LogP contribution >= 0.6 is 0 Å². The molecule has 8 heteroatoms. The highest BCUT2D eigenvalue weighted by molar-refractivity contribution is 7.89. The van der Waals surface area contributed by atoms with E-state index in [-0.39, 0.29) is 32.0 Å². The highest BCUT2D eigenvalue weighted by Gasteiger charge is 2.33. The van der Waals surface area contributed by atoms with Crippen molar-refractivity contribution >= 4 is 22.0 Å². The third-order valence-corrected chi connectivity index (χ3v) is 4.43. The first-order valence-corrected chi connectivity index (χ1v) is 7.31. The van der Waals surface area contributed by atoms with E-state index >= 15 is 0 Å². The zero-order valence-electron chi connectivity index (χ0n) is 10.2. The Bertz CT molecular complexity index is 418. The molecule has 1 N–H and O–H groups in total. The quantitative estimate of drug-likeness (QED) is 0.668. The van der Waals surface area contributed by atoms with Gasteiger partial charge in [-0.05, 0) is 19.3 Å². The van der Waals surface area contributed by atoms with Gasteiger partial charge in [-0.1, -0.05) is 0 Å². The van der Waals surface area contributed by atoms with Crippen molar-refractivity contribution in [3.8, 4) is 0 Å². The van der Waals surface area contributed by atoms with Crippen LogP contribution in [-0.2, 0) is 24.3 Å². The van der Waals surface area contributed by atoms with Crippen molar-refractivity contribution in [3.63, 3.8) is 0 Å². The van der Waals surface area contributed by atoms with Gasteiger partial charge in [0, 0.05) is 19.5 Å². The van der Waals surface area contributed by atoms with Crippen LogP contribution in [0.25, 0.3) is 0 Å². The first-order valence-electron chi connectivity index (χ1n) is 5.70. The Morgan fingerprint density at radius 1 is 1.44 bits per heavy atom. The number of carbonyl (C=O) groups excluding carboxylic acids is 1. The SMILES string of the molecule is CCOC(=O)CS(=O)(=O)N1CCC(CC(=O)O)C1. The average molecular weight is 279 g/mol. The summed E-state index contributed by atoms with van der Waals surface area (Å²) >= 11 is 0. The number of sulfonamides is 1. The Morgan fingerprint density at radius 3 is 2.67 bits per heavy atom. The third-order valence-electron chi connectivity index (χ3n) is 2.71. The maximum absolute atomic E-state index is 11.8. The number of hydrogen-bond acceptors (Lipinski definition) is 5. The fourth-order valence-corrected chi connectivity index (χ4v) is 3.29. The van der Waals surface area contributed by atoms with E-state index < -0.39 is 27.7 Å². The van der Waals surface area contributed by atoms with E-state index in [1.165, 1.54) is 0 Å². The zero-order valence-corrected chi connectivity index (χ0v) is 11.0. The lowest BCUT2D eigenvalue weighted by atomic mass is 10.1. The van der Waals surface area contributed by atoms with Gasteiger partial charge in [-0.3, -0.25) is 9.59 Å². The lowest BCUT2D eigenvalue weighted by Crippen LogP contribution is -2.34. The molecular formula is C10H17NO6S. The van der Waals surface area contributed by atoms with E-state index in [1.807, 2.05) is 0 Å². The van der Waals surface area contributed by atoms with Gasteiger partial charge in [-0.25, -0.2) is 12.7 Å². The molecule has 0 aliphatic carbocycles. The van der Waals surface area contributed by atoms with Gasteiger partial charge in [-0.15, -0.1) is 0 Å². The average Bonchev–Trinajstić information content (AvgIpc) is 2.65. The summed E-state index contributed by atoms with van der Waals surface area (Å²) in [4.78, 5) is 21.7. The minimum absolute atomic E-state index is 0.0502. The molecule has 1 unspecified atom stereocenters. The van der Waals surface area contributed by atoms with Crippen molar-refractivity contribution in [1.29, 1.82) is 0 Å². The Balaban J connectivity index is 2.55. The number of hydrogen-bond donors (Lipinski definition) is 1. The van der Waals surface area contributed by atoms with Gasteiger partial charge < -0.3 is 9.84 Å². The molecular weight excluding hydrogens is 262 g/mol. The van der Waals surface area contributed by atoms with E-state index in [0.29, 0.717) is 6.42 Å².